The Morgan fingerprint density at radius 3 is 2.85 bits per heavy atom. The number of rotatable bonds is 5. The molecule has 8 nitrogen and oxygen atoms in total. The third-order valence-electron chi connectivity index (χ3n) is 6.89. The van der Waals surface area contributed by atoms with E-state index in [1.54, 1.807) is 10.9 Å². The maximum Gasteiger partial charge on any atom is 0.278 e. The van der Waals surface area contributed by atoms with E-state index in [0.29, 0.717) is 29.3 Å². The molecule has 0 spiro atoms. The van der Waals surface area contributed by atoms with Crippen LogP contribution in [-0.2, 0) is 24.9 Å². The molecule has 4 aromatic rings. The van der Waals surface area contributed by atoms with Gasteiger partial charge in [-0.25, -0.2) is 19.3 Å². The molecule has 2 N–H and O–H groups in total. The van der Waals surface area contributed by atoms with E-state index in [1.807, 2.05) is 29.8 Å². The van der Waals surface area contributed by atoms with Crippen molar-refractivity contribution in [1.29, 1.82) is 0 Å². The average Bonchev–Trinajstić information content (AvgIpc) is 3.54. The number of nitrogens with zero attached hydrogens (tertiary/aromatic N) is 5. The van der Waals surface area contributed by atoms with Crippen molar-refractivity contribution in [3.8, 4) is 5.82 Å². The zero-order valence-electron chi connectivity index (χ0n) is 18.9. The quantitative estimate of drug-likeness (QED) is 0.493. The fourth-order valence-corrected chi connectivity index (χ4v) is 4.61. The normalized spacial score (nSPS) is 16.5. The van der Waals surface area contributed by atoms with E-state index >= 15 is 0 Å². The van der Waals surface area contributed by atoms with Crippen LogP contribution in [0.25, 0.3) is 16.9 Å². The summed E-state index contributed by atoms with van der Waals surface area (Å²) in [5.74, 6) is 1.17. The number of aromatic nitrogens is 5. The largest absolute Gasteiger partial charge is 0.324 e. The zero-order chi connectivity index (χ0) is 22.6. The summed E-state index contributed by atoms with van der Waals surface area (Å²) < 4.78 is 3.51. The van der Waals surface area contributed by atoms with Crippen LogP contribution >= 0.6 is 0 Å². The zero-order valence-corrected chi connectivity index (χ0v) is 18.9. The van der Waals surface area contributed by atoms with Crippen molar-refractivity contribution < 1.29 is 0 Å². The first-order chi connectivity index (χ1) is 16.1. The second kappa shape index (κ2) is 7.52. The van der Waals surface area contributed by atoms with Gasteiger partial charge in [0.15, 0.2) is 11.5 Å². The van der Waals surface area contributed by atoms with E-state index in [2.05, 4.69) is 40.7 Å². The van der Waals surface area contributed by atoms with E-state index in [9.17, 15) is 4.79 Å². The summed E-state index contributed by atoms with van der Waals surface area (Å²) in [5.41, 5.74) is 5.27. The van der Waals surface area contributed by atoms with Gasteiger partial charge in [0.1, 0.15) is 5.39 Å². The minimum absolute atomic E-state index is 0.106. The first-order valence-electron chi connectivity index (χ1n) is 11.6. The Hall–Kier alpha value is -3.52. The number of hydrogen-bond donors (Lipinski definition) is 2. The van der Waals surface area contributed by atoms with Crippen molar-refractivity contribution in [2.45, 2.75) is 51.6 Å². The van der Waals surface area contributed by atoms with E-state index in [0.717, 1.165) is 43.7 Å². The molecule has 1 aliphatic carbocycles. The molecule has 0 radical (unpaired) electrons. The highest BCUT2D eigenvalue weighted by Crippen LogP contribution is 2.46. The number of anilines is 2. The fourth-order valence-electron chi connectivity index (χ4n) is 4.61. The molecule has 1 fully saturated rings. The summed E-state index contributed by atoms with van der Waals surface area (Å²) in [6.45, 7) is 6.59. The number of fused-ring (bicyclic) bond motifs is 2. The molecule has 1 aliphatic heterocycles. The standard InChI is InChI=1S/C25H27N7O/c1-3-31-23(33)19-15-27-24(28-18-8-7-17-14-26-12-9-16(17)13-18)30-22(19)32(31)21-6-4-5-20(29-21)25(2)10-11-25/h4-8,13,15,26H,3,9-12,14H2,1-2H3,(H,27,28,30). The summed E-state index contributed by atoms with van der Waals surface area (Å²) in [6.07, 6.45) is 4.90. The lowest BCUT2D eigenvalue weighted by Gasteiger charge is -2.18. The van der Waals surface area contributed by atoms with Crippen LogP contribution in [0, 0.1) is 0 Å². The Morgan fingerprint density at radius 1 is 1.15 bits per heavy atom. The lowest BCUT2D eigenvalue weighted by Crippen LogP contribution is -2.23. The average molecular weight is 442 g/mol. The summed E-state index contributed by atoms with van der Waals surface area (Å²) >= 11 is 0. The smallest absolute Gasteiger partial charge is 0.278 e. The Labute approximate surface area is 191 Å². The van der Waals surface area contributed by atoms with Gasteiger partial charge in [-0.15, -0.1) is 0 Å². The van der Waals surface area contributed by atoms with Crippen LogP contribution in [0.2, 0.25) is 0 Å². The molecule has 6 rings (SSSR count). The number of pyridine rings is 1. The maximum atomic E-state index is 13.1. The molecule has 1 aromatic carbocycles. The Bertz CT molecular complexity index is 1430. The van der Waals surface area contributed by atoms with Crippen LogP contribution < -0.4 is 16.2 Å². The SMILES string of the molecule is CCn1c(=O)c2cnc(Nc3ccc4c(c3)CCNC4)nc2n1-c1cccc(C2(C)CC2)n1. The molecule has 8 heteroatoms. The maximum absolute atomic E-state index is 13.1. The molecular weight excluding hydrogens is 414 g/mol. The van der Waals surface area contributed by atoms with E-state index < -0.39 is 0 Å². The predicted octanol–water partition coefficient (Wildman–Crippen LogP) is 3.44. The second-order valence-electron chi connectivity index (χ2n) is 9.24. The first-order valence-corrected chi connectivity index (χ1v) is 11.6. The number of benzene rings is 1. The van der Waals surface area contributed by atoms with Crippen LogP contribution in [0.4, 0.5) is 11.6 Å². The topological polar surface area (TPSA) is 89.7 Å². The molecule has 4 heterocycles. The number of nitrogens with one attached hydrogen (secondary N) is 2. The van der Waals surface area contributed by atoms with Crippen molar-refractivity contribution in [3.63, 3.8) is 0 Å². The highest BCUT2D eigenvalue weighted by atomic mass is 16.1. The first kappa shape index (κ1) is 20.1. The van der Waals surface area contributed by atoms with Gasteiger partial charge in [-0.2, -0.15) is 4.98 Å². The summed E-state index contributed by atoms with van der Waals surface area (Å²) in [6, 6.07) is 12.4. The lowest BCUT2D eigenvalue weighted by molar-refractivity contribution is 0.564. The van der Waals surface area contributed by atoms with Crippen LogP contribution in [0.5, 0.6) is 0 Å². The van der Waals surface area contributed by atoms with Gasteiger partial charge in [-0.3, -0.25) is 4.79 Å². The van der Waals surface area contributed by atoms with Gasteiger partial charge >= 0.3 is 0 Å². The molecule has 33 heavy (non-hydrogen) atoms. The molecule has 1 saturated carbocycles. The summed E-state index contributed by atoms with van der Waals surface area (Å²) in [7, 11) is 0. The molecule has 0 saturated heterocycles. The fraction of sp³-hybridized carbons (Fsp3) is 0.360. The molecular formula is C25H27N7O. The van der Waals surface area contributed by atoms with Crippen molar-refractivity contribution in [1.82, 2.24) is 29.6 Å². The van der Waals surface area contributed by atoms with Crippen molar-refractivity contribution in [2.24, 2.45) is 0 Å². The van der Waals surface area contributed by atoms with Crippen molar-refractivity contribution in [2.75, 3.05) is 11.9 Å². The third-order valence-corrected chi connectivity index (χ3v) is 6.89. The summed E-state index contributed by atoms with van der Waals surface area (Å²) in [5, 5.41) is 7.22. The van der Waals surface area contributed by atoms with Gasteiger partial charge in [0.2, 0.25) is 5.95 Å². The molecule has 2 aliphatic rings. The Balaban J connectivity index is 1.44. The van der Waals surface area contributed by atoms with E-state index in [1.165, 1.54) is 11.1 Å². The highest BCUT2D eigenvalue weighted by molar-refractivity contribution is 5.77. The van der Waals surface area contributed by atoms with E-state index in [-0.39, 0.29) is 11.0 Å². The number of hydrogen-bond acceptors (Lipinski definition) is 6. The minimum atomic E-state index is -0.106. The molecule has 0 amide bonds. The monoisotopic (exact) mass is 441 g/mol. The molecule has 0 atom stereocenters. The van der Waals surface area contributed by atoms with Crippen LogP contribution in [0.15, 0.2) is 47.4 Å². The van der Waals surface area contributed by atoms with Gasteiger partial charge in [-0.05, 0) is 68.1 Å². The minimum Gasteiger partial charge on any atom is -0.324 e. The molecule has 0 bridgehead atoms. The van der Waals surface area contributed by atoms with Crippen molar-refractivity contribution in [3.05, 3.63) is 69.8 Å². The third kappa shape index (κ3) is 3.41. The second-order valence-corrected chi connectivity index (χ2v) is 9.24. The van der Waals surface area contributed by atoms with Gasteiger partial charge in [0.25, 0.3) is 5.56 Å². The molecule has 3 aromatic heterocycles. The predicted molar refractivity (Wildman–Crippen MR) is 128 cm³/mol. The lowest BCUT2D eigenvalue weighted by atomic mass is 10.0. The van der Waals surface area contributed by atoms with Gasteiger partial charge in [-0.1, -0.05) is 19.1 Å². The van der Waals surface area contributed by atoms with Gasteiger partial charge in [0.05, 0.1) is 0 Å². The summed E-state index contributed by atoms with van der Waals surface area (Å²) in [4.78, 5) is 27.2. The Morgan fingerprint density at radius 2 is 2.03 bits per heavy atom. The molecule has 168 valence electrons. The van der Waals surface area contributed by atoms with Crippen LogP contribution in [-0.4, -0.2) is 30.9 Å². The van der Waals surface area contributed by atoms with Crippen molar-refractivity contribution >= 4 is 22.7 Å². The van der Waals surface area contributed by atoms with Gasteiger partial charge < -0.3 is 10.6 Å². The van der Waals surface area contributed by atoms with Crippen LogP contribution in [0.1, 0.15) is 43.5 Å². The highest BCUT2D eigenvalue weighted by Gasteiger charge is 2.40. The Kier molecular flexibility index (Phi) is 4.58. The van der Waals surface area contributed by atoms with Gasteiger partial charge in [0, 0.05) is 36.1 Å². The van der Waals surface area contributed by atoms with Crippen LogP contribution in [0.3, 0.4) is 0 Å². The van der Waals surface area contributed by atoms with E-state index in [4.69, 9.17) is 9.97 Å². The molecule has 0 unspecified atom stereocenters.